The van der Waals surface area contributed by atoms with Gasteiger partial charge in [-0.1, -0.05) is 39.0 Å². The largest absolute Gasteiger partial charge is 0.370 e. The summed E-state index contributed by atoms with van der Waals surface area (Å²) in [4.78, 5) is 0. The molecule has 0 radical (unpaired) electrons. The molecule has 0 aliphatic carbocycles. The van der Waals surface area contributed by atoms with E-state index in [4.69, 9.17) is 0 Å². The lowest BCUT2D eigenvalue weighted by molar-refractivity contribution is 0.359. The molecule has 2 atom stereocenters. The fraction of sp³-hybridized carbons (Fsp3) is 0.438. The van der Waals surface area contributed by atoms with E-state index < -0.39 is 0 Å². The molecule has 0 saturated carbocycles. The molecule has 0 saturated heterocycles. The van der Waals surface area contributed by atoms with Gasteiger partial charge in [0.2, 0.25) is 0 Å². The van der Waals surface area contributed by atoms with Crippen LogP contribution in [0.1, 0.15) is 44.0 Å². The molecule has 2 unspecified atom stereocenters. The molecule has 0 spiro atoms. The minimum absolute atomic E-state index is 0.0417. The van der Waals surface area contributed by atoms with E-state index in [0.717, 1.165) is 23.6 Å². The van der Waals surface area contributed by atoms with Gasteiger partial charge in [-0.15, -0.1) is 0 Å². The number of nitrogens with one attached hydrogen (secondary N) is 1. The molecule has 0 amide bonds. The molecule has 3 nitrogen and oxygen atoms in total. The number of halogens is 1. The first-order valence-corrected chi connectivity index (χ1v) is 7.15. The molecular weight excluding hydrogens is 253 g/mol. The van der Waals surface area contributed by atoms with Crippen molar-refractivity contribution in [2.45, 2.75) is 32.7 Å². The van der Waals surface area contributed by atoms with Crippen LogP contribution in [0, 0.1) is 11.7 Å². The Hall–Kier alpha value is -1.84. The second-order valence-electron chi connectivity index (χ2n) is 5.88. The van der Waals surface area contributed by atoms with Gasteiger partial charge in [-0.3, -0.25) is 0 Å². The first-order valence-electron chi connectivity index (χ1n) is 7.15. The van der Waals surface area contributed by atoms with Crippen LogP contribution in [0.3, 0.4) is 0 Å². The van der Waals surface area contributed by atoms with E-state index in [1.165, 1.54) is 6.07 Å². The van der Waals surface area contributed by atoms with Crippen LogP contribution in [-0.4, -0.2) is 16.3 Å². The molecule has 4 heteroatoms. The Morgan fingerprint density at radius 2 is 2.10 bits per heavy atom. The summed E-state index contributed by atoms with van der Waals surface area (Å²) < 4.78 is 16.1. The number of aromatic nitrogens is 2. The van der Waals surface area contributed by atoms with Crippen molar-refractivity contribution in [3.63, 3.8) is 0 Å². The lowest BCUT2D eigenvalue weighted by atomic mass is 9.92. The van der Waals surface area contributed by atoms with Crippen LogP contribution < -0.4 is 5.32 Å². The molecule has 2 heterocycles. The third-order valence-electron chi connectivity index (χ3n) is 3.98. The van der Waals surface area contributed by atoms with E-state index >= 15 is 0 Å². The first-order chi connectivity index (χ1) is 9.58. The van der Waals surface area contributed by atoms with Gasteiger partial charge in [0, 0.05) is 24.1 Å². The first kappa shape index (κ1) is 13.2. The highest BCUT2D eigenvalue weighted by Gasteiger charge is 2.31. The summed E-state index contributed by atoms with van der Waals surface area (Å²) in [6, 6.07) is 9.04. The predicted molar refractivity (Wildman–Crippen MR) is 78.5 cm³/mol. The van der Waals surface area contributed by atoms with Gasteiger partial charge in [0.1, 0.15) is 11.6 Å². The van der Waals surface area contributed by atoms with Gasteiger partial charge in [-0.05, 0) is 12.0 Å². The molecule has 1 aliphatic heterocycles. The zero-order valence-corrected chi connectivity index (χ0v) is 12.1. The number of benzene rings is 1. The summed E-state index contributed by atoms with van der Waals surface area (Å²) >= 11 is 0. The number of hydrogen-bond acceptors (Lipinski definition) is 2. The molecule has 20 heavy (non-hydrogen) atoms. The van der Waals surface area contributed by atoms with E-state index in [2.05, 4.69) is 37.3 Å². The van der Waals surface area contributed by atoms with E-state index in [-0.39, 0.29) is 11.9 Å². The van der Waals surface area contributed by atoms with Crippen molar-refractivity contribution in [3.8, 4) is 0 Å². The second kappa shape index (κ2) is 4.93. The summed E-state index contributed by atoms with van der Waals surface area (Å²) in [7, 11) is 0. The lowest BCUT2D eigenvalue weighted by Gasteiger charge is -2.32. The van der Waals surface area contributed by atoms with Gasteiger partial charge >= 0.3 is 0 Å². The molecule has 1 aliphatic rings. The van der Waals surface area contributed by atoms with Crippen molar-refractivity contribution in [1.29, 1.82) is 0 Å². The van der Waals surface area contributed by atoms with E-state index in [1.807, 2.05) is 16.8 Å². The Kier molecular flexibility index (Phi) is 3.24. The molecule has 1 aromatic heterocycles. The van der Waals surface area contributed by atoms with Gasteiger partial charge in [0.05, 0.1) is 11.7 Å². The summed E-state index contributed by atoms with van der Waals surface area (Å²) in [5, 5.41) is 8.07. The summed E-state index contributed by atoms with van der Waals surface area (Å²) in [5.74, 6) is 1.49. The van der Waals surface area contributed by atoms with Crippen molar-refractivity contribution in [1.82, 2.24) is 9.78 Å². The minimum Gasteiger partial charge on any atom is -0.370 e. The van der Waals surface area contributed by atoms with Crippen molar-refractivity contribution in [2.75, 3.05) is 11.9 Å². The van der Waals surface area contributed by atoms with E-state index in [9.17, 15) is 4.39 Å². The maximum atomic E-state index is 14.1. The Morgan fingerprint density at radius 1 is 1.35 bits per heavy atom. The average Bonchev–Trinajstić information content (AvgIpc) is 2.84. The SMILES string of the molecule is CC(C)c1cc2n(n1)C(c1ccccc1F)C(C)CN2. The van der Waals surface area contributed by atoms with E-state index in [1.54, 1.807) is 6.07 Å². The maximum Gasteiger partial charge on any atom is 0.128 e. The van der Waals surface area contributed by atoms with Gasteiger partial charge in [-0.25, -0.2) is 9.07 Å². The summed E-state index contributed by atoms with van der Waals surface area (Å²) in [6.45, 7) is 7.21. The van der Waals surface area contributed by atoms with Crippen LogP contribution in [0.4, 0.5) is 10.2 Å². The number of fused-ring (bicyclic) bond motifs is 1. The standard InChI is InChI=1S/C16H20FN3/c1-10(2)14-8-15-18-9-11(3)16(20(15)19-14)12-6-4-5-7-13(12)17/h4-8,10-11,16,18H,9H2,1-3H3. The summed E-state index contributed by atoms with van der Waals surface area (Å²) in [5.41, 5.74) is 1.77. The fourth-order valence-electron chi connectivity index (χ4n) is 2.81. The third kappa shape index (κ3) is 2.09. The molecule has 1 aromatic carbocycles. The van der Waals surface area contributed by atoms with Gasteiger partial charge in [0.25, 0.3) is 0 Å². The fourth-order valence-corrected chi connectivity index (χ4v) is 2.81. The minimum atomic E-state index is -0.154. The normalized spacial score (nSPS) is 21.6. The zero-order chi connectivity index (χ0) is 14.3. The maximum absolute atomic E-state index is 14.1. The number of anilines is 1. The Morgan fingerprint density at radius 3 is 2.80 bits per heavy atom. The molecule has 3 rings (SSSR count). The van der Waals surface area contributed by atoms with Crippen molar-refractivity contribution in [3.05, 3.63) is 47.4 Å². The topological polar surface area (TPSA) is 29.9 Å². The summed E-state index contributed by atoms with van der Waals surface area (Å²) in [6.07, 6.45) is 0. The highest BCUT2D eigenvalue weighted by atomic mass is 19.1. The quantitative estimate of drug-likeness (QED) is 0.902. The molecule has 0 fully saturated rings. The molecule has 106 valence electrons. The average molecular weight is 273 g/mol. The van der Waals surface area contributed by atoms with Crippen LogP contribution in [0.2, 0.25) is 0 Å². The van der Waals surface area contributed by atoms with Gasteiger partial charge in [-0.2, -0.15) is 5.10 Å². The van der Waals surface area contributed by atoms with Crippen LogP contribution in [0.25, 0.3) is 0 Å². The Labute approximate surface area is 118 Å². The van der Waals surface area contributed by atoms with Crippen molar-refractivity contribution >= 4 is 5.82 Å². The van der Waals surface area contributed by atoms with Crippen molar-refractivity contribution < 1.29 is 4.39 Å². The highest BCUT2D eigenvalue weighted by molar-refractivity contribution is 5.42. The van der Waals surface area contributed by atoms with Crippen LogP contribution in [-0.2, 0) is 0 Å². The monoisotopic (exact) mass is 273 g/mol. The highest BCUT2D eigenvalue weighted by Crippen LogP contribution is 2.35. The molecular formula is C16H20FN3. The number of hydrogen-bond donors (Lipinski definition) is 1. The van der Waals surface area contributed by atoms with Gasteiger partial charge < -0.3 is 5.32 Å². The molecule has 1 N–H and O–H groups in total. The molecule has 0 bridgehead atoms. The number of nitrogens with zero attached hydrogens (tertiary/aromatic N) is 2. The predicted octanol–water partition coefficient (Wildman–Crippen LogP) is 3.80. The molecule has 2 aromatic rings. The lowest BCUT2D eigenvalue weighted by Crippen LogP contribution is -2.32. The van der Waals surface area contributed by atoms with Crippen molar-refractivity contribution in [2.24, 2.45) is 5.92 Å². The van der Waals surface area contributed by atoms with Crippen LogP contribution >= 0.6 is 0 Å². The van der Waals surface area contributed by atoms with Crippen LogP contribution in [0.15, 0.2) is 30.3 Å². The zero-order valence-electron chi connectivity index (χ0n) is 12.1. The smallest absolute Gasteiger partial charge is 0.128 e. The Bertz CT molecular complexity index is 618. The van der Waals surface area contributed by atoms with E-state index in [0.29, 0.717) is 11.8 Å². The van der Waals surface area contributed by atoms with Crippen LogP contribution in [0.5, 0.6) is 0 Å². The number of rotatable bonds is 2. The Balaban J connectivity index is 2.10. The third-order valence-corrected chi connectivity index (χ3v) is 3.98. The second-order valence-corrected chi connectivity index (χ2v) is 5.88. The van der Waals surface area contributed by atoms with Gasteiger partial charge in [0.15, 0.2) is 0 Å².